The summed E-state index contributed by atoms with van der Waals surface area (Å²) in [7, 11) is 0. The van der Waals surface area contributed by atoms with Crippen LogP contribution >= 0.6 is 15.9 Å². The molecule has 0 atom stereocenters. The van der Waals surface area contributed by atoms with E-state index in [-0.39, 0.29) is 0 Å². The number of hydrogen-bond acceptors (Lipinski definition) is 1. The van der Waals surface area contributed by atoms with E-state index in [1.165, 1.54) is 0 Å². The van der Waals surface area contributed by atoms with E-state index >= 15 is 0 Å². The predicted octanol–water partition coefficient (Wildman–Crippen LogP) is 1.41. The third-order valence-corrected chi connectivity index (χ3v) is 1.13. The molecule has 2 N–H and O–H groups in total. The zero-order valence-corrected chi connectivity index (χ0v) is 5.61. The van der Waals surface area contributed by atoms with Gasteiger partial charge < -0.3 is 5.73 Å². The molecule has 0 aromatic heterocycles. The second-order valence-electron chi connectivity index (χ2n) is 1.11. The molecule has 0 aromatic rings. The average molecular weight is 162 g/mol. The highest BCUT2D eigenvalue weighted by Gasteiger charge is 1.76. The van der Waals surface area contributed by atoms with Crippen LogP contribution in [-0.4, -0.2) is 5.33 Å². The molecule has 0 heterocycles. The van der Waals surface area contributed by atoms with E-state index in [9.17, 15) is 0 Å². The van der Waals surface area contributed by atoms with Crippen LogP contribution in [0, 0.1) is 0 Å². The van der Waals surface area contributed by atoms with Crippen molar-refractivity contribution in [2.45, 2.75) is 0 Å². The van der Waals surface area contributed by atoms with Crippen molar-refractivity contribution in [3.05, 3.63) is 24.4 Å². The van der Waals surface area contributed by atoms with Crippen molar-refractivity contribution in [2.24, 2.45) is 5.73 Å². The lowest BCUT2D eigenvalue weighted by Gasteiger charge is -1.85. The molecular formula is C5H8BrN. The van der Waals surface area contributed by atoms with Crippen molar-refractivity contribution in [1.29, 1.82) is 0 Å². The monoisotopic (exact) mass is 161 g/mol. The molecule has 0 aliphatic heterocycles. The van der Waals surface area contributed by atoms with Crippen molar-refractivity contribution in [1.82, 2.24) is 0 Å². The van der Waals surface area contributed by atoms with E-state index in [0.717, 1.165) is 11.0 Å². The lowest BCUT2D eigenvalue weighted by atomic mass is 10.4. The minimum absolute atomic E-state index is 0.721. The second kappa shape index (κ2) is 3.93. The van der Waals surface area contributed by atoms with Crippen LogP contribution in [0.4, 0.5) is 0 Å². The molecule has 7 heavy (non-hydrogen) atoms. The Morgan fingerprint density at radius 1 is 1.86 bits per heavy atom. The summed E-state index contributed by atoms with van der Waals surface area (Å²) in [4.78, 5) is 0. The molecule has 0 fully saturated rings. The maximum absolute atomic E-state index is 5.33. The number of halogens is 1. The molecular weight excluding hydrogens is 154 g/mol. The van der Waals surface area contributed by atoms with E-state index in [0.29, 0.717) is 0 Å². The summed E-state index contributed by atoms with van der Waals surface area (Å²) >= 11 is 3.17. The predicted molar refractivity (Wildman–Crippen MR) is 36.3 cm³/mol. The Morgan fingerprint density at radius 3 is 2.57 bits per heavy atom. The summed E-state index contributed by atoms with van der Waals surface area (Å²) in [6, 6.07) is 0. The van der Waals surface area contributed by atoms with Gasteiger partial charge in [0.2, 0.25) is 0 Å². The van der Waals surface area contributed by atoms with Gasteiger partial charge in [-0.1, -0.05) is 28.6 Å². The van der Waals surface area contributed by atoms with Gasteiger partial charge in [0, 0.05) is 11.0 Å². The number of allylic oxidation sites excluding steroid dienone is 3. The molecule has 0 unspecified atom stereocenters. The molecule has 0 rings (SSSR count). The van der Waals surface area contributed by atoms with E-state index in [1.807, 2.05) is 0 Å². The molecule has 0 bridgehead atoms. The first-order valence-electron chi connectivity index (χ1n) is 1.94. The SMILES string of the molecule is C=C/C=C(\N)CBr. The summed E-state index contributed by atoms with van der Waals surface area (Å²) in [5, 5.41) is 0.721. The minimum Gasteiger partial charge on any atom is -0.401 e. The van der Waals surface area contributed by atoms with Crippen LogP contribution in [0.2, 0.25) is 0 Å². The largest absolute Gasteiger partial charge is 0.401 e. The highest BCUT2D eigenvalue weighted by molar-refractivity contribution is 9.09. The zero-order chi connectivity index (χ0) is 5.70. The summed E-state index contributed by atoms with van der Waals surface area (Å²) < 4.78 is 0. The molecule has 0 aromatic carbocycles. The van der Waals surface area contributed by atoms with Crippen LogP contribution in [0.15, 0.2) is 24.4 Å². The summed E-state index contributed by atoms with van der Waals surface area (Å²) in [5.41, 5.74) is 6.13. The Labute approximate surface area is 52.0 Å². The van der Waals surface area contributed by atoms with Crippen LogP contribution in [-0.2, 0) is 0 Å². The van der Waals surface area contributed by atoms with E-state index < -0.39 is 0 Å². The fraction of sp³-hybridized carbons (Fsp3) is 0.200. The average Bonchev–Trinajstić information content (AvgIpc) is 1.68. The topological polar surface area (TPSA) is 26.0 Å². The lowest BCUT2D eigenvalue weighted by Crippen LogP contribution is -1.95. The van der Waals surface area contributed by atoms with E-state index in [2.05, 4.69) is 22.5 Å². The number of nitrogens with two attached hydrogens (primary N) is 1. The van der Waals surface area contributed by atoms with Gasteiger partial charge in [-0.2, -0.15) is 0 Å². The van der Waals surface area contributed by atoms with Gasteiger partial charge in [-0.15, -0.1) is 0 Å². The van der Waals surface area contributed by atoms with Crippen LogP contribution in [0.3, 0.4) is 0 Å². The van der Waals surface area contributed by atoms with Gasteiger partial charge in [-0.05, 0) is 6.08 Å². The Kier molecular flexibility index (Phi) is 3.80. The van der Waals surface area contributed by atoms with Crippen LogP contribution in [0.5, 0.6) is 0 Å². The summed E-state index contributed by atoms with van der Waals surface area (Å²) in [5.74, 6) is 0. The summed E-state index contributed by atoms with van der Waals surface area (Å²) in [6.45, 7) is 3.47. The van der Waals surface area contributed by atoms with Gasteiger partial charge in [0.1, 0.15) is 0 Å². The first-order chi connectivity index (χ1) is 3.31. The Balaban J connectivity index is 3.49. The van der Waals surface area contributed by atoms with E-state index in [4.69, 9.17) is 5.73 Å². The fourth-order valence-corrected chi connectivity index (χ4v) is 0.383. The molecule has 0 radical (unpaired) electrons. The van der Waals surface area contributed by atoms with E-state index in [1.54, 1.807) is 12.2 Å². The molecule has 0 saturated carbocycles. The van der Waals surface area contributed by atoms with Gasteiger partial charge in [0.25, 0.3) is 0 Å². The Hall–Kier alpha value is -0.240. The molecule has 0 aliphatic rings. The maximum Gasteiger partial charge on any atom is 0.0429 e. The zero-order valence-electron chi connectivity index (χ0n) is 4.02. The number of hydrogen-bond donors (Lipinski definition) is 1. The maximum atomic E-state index is 5.33. The number of alkyl halides is 1. The molecule has 0 aliphatic carbocycles. The standard InChI is InChI=1S/C5H8BrN/c1-2-3-5(7)4-6/h2-3H,1,4,7H2/b5-3-. The van der Waals surface area contributed by atoms with Gasteiger partial charge in [-0.25, -0.2) is 0 Å². The third kappa shape index (κ3) is 3.59. The van der Waals surface area contributed by atoms with Crippen molar-refractivity contribution < 1.29 is 0 Å². The minimum atomic E-state index is 0.721. The van der Waals surface area contributed by atoms with Gasteiger partial charge in [0.05, 0.1) is 0 Å². The van der Waals surface area contributed by atoms with Crippen LogP contribution < -0.4 is 5.73 Å². The third-order valence-electron chi connectivity index (χ3n) is 0.486. The second-order valence-corrected chi connectivity index (χ2v) is 1.67. The number of rotatable bonds is 2. The highest BCUT2D eigenvalue weighted by Crippen LogP contribution is 1.88. The lowest BCUT2D eigenvalue weighted by molar-refractivity contribution is 1.34. The van der Waals surface area contributed by atoms with Gasteiger partial charge in [-0.3, -0.25) is 0 Å². The Bertz CT molecular complexity index is 86.1. The smallest absolute Gasteiger partial charge is 0.0429 e. The van der Waals surface area contributed by atoms with Gasteiger partial charge >= 0.3 is 0 Å². The molecule has 1 nitrogen and oxygen atoms in total. The fourth-order valence-electron chi connectivity index (χ4n) is 0.196. The van der Waals surface area contributed by atoms with Crippen molar-refractivity contribution in [2.75, 3.05) is 5.33 Å². The molecule has 40 valence electrons. The van der Waals surface area contributed by atoms with Gasteiger partial charge in [0.15, 0.2) is 0 Å². The normalized spacial score (nSPS) is 11.3. The van der Waals surface area contributed by atoms with Crippen LogP contribution in [0.1, 0.15) is 0 Å². The van der Waals surface area contributed by atoms with Crippen molar-refractivity contribution in [3.8, 4) is 0 Å². The molecule has 2 heteroatoms. The van der Waals surface area contributed by atoms with Crippen LogP contribution in [0.25, 0.3) is 0 Å². The summed E-state index contributed by atoms with van der Waals surface area (Å²) in [6.07, 6.45) is 3.42. The molecule has 0 spiro atoms. The highest BCUT2D eigenvalue weighted by atomic mass is 79.9. The first kappa shape index (κ1) is 6.76. The quantitative estimate of drug-likeness (QED) is 0.482. The van der Waals surface area contributed by atoms with Crippen molar-refractivity contribution in [3.63, 3.8) is 0 Å². The molecule has 0 amide bonds. The molecule has 0 saturated heterocycles. The Morgan fingerprint density at radius 2 is 2.43 bits per heavy atom. The first-order valence-corrected chi connectivity index (χ1v) is 3.06. The van der Waals surface area contributed by atoms with Crippen molar-refractivity contribution >= 4 is 15.9 Å².